The van der Waals surface area contributed by atoms with Gasteiger partial charge >= 0.3 is 0 Å². The summed E-state index contributed by atoms with van der Waals surface area (Å²) < 4.78 is 24.1. The molecular formula is C15H15ClN2O2S. The Labute approximate surface area is 129 Å². The Morgan fingerprint density at radius 2 is 1.71 bits per heavy atom. The lowest BCUT2D eigenvalue weighted by molar-refractivity contribution is 0.584. The summed E-state index contributed by atoms with van der Waals surface area (Å²) in [5.74, 6) is 0. The predicted molar refractivity (Wildman–Crippen MR) is 85.0 cm³/mol. The number of sulfonamides is 1. The van der Waals surface area contributed by atoms with Gasteiger partial charge in [0.2, 0.25) is 0 Å². The number of rotatable bonds is 5. The Kier molecular flexibility index (Phi) is 4.98. The Hall–Kier alpha value is -1.85. The molecule has 0 aliphatic rings. The topological polar surface area (TPSA) is 58.5 Å². The molecule has 0 radical (unpaired) electrons. The van der Waals surface area contributed by atoms with E-state index in [0.29, 0.717) is 17.2 Å². The fourth-order valence-electron chi connectivity index (χ4n) is 1.74. The maximum Gasteiger partial charge on any atom is 0.276 e. The first-order valence-corrected chi connectivity index (χ1v) is 8.18. The van der Waals surface area contributed by atoms with Crippen LogP contribution in [-0.2, 0) is 16.4 Å². The van der Waals surface area contributed by atoms with Gasteiger partial charge in [-0.15, -0.1) is 0 Å². The van der Waals surface area contributed by atoms with Crippen LogP contribution in [0.2, 0.25) is 5.02 Å². The van der Waals surface area contributed by atoms with E-state index in [2.05, 4.69) is 9.93 Å². The maximum atomic E-state index is 12.0. The van der Waals surface area contributed by atoms with Crippen LogP contribution >= 0.6 is 11.6 Å². The minimum absolute atomic E-state index is 0.128. The third-order valence-corrected chi connectivity index (χ3v) is 4.26. The number of nitrogens with zero attached hydrogens (tertiary/aromatic N) is 1. The minimum atomic E-state index is -3.66. The van der Waals surface area contributed by atoms with E-state index >= 15 is 0 Å². The van der Waals surface area contributed by atoms with Crippen molar-refractivity contribution < 1.29 is 8.42 Å². The quantitative estimate of drug-likeness (QED) is 0.678. The molecule has 110 valence electrons. The molecule has 0 saturated heterocycles. The van der Waals surface area contributed by atoms with Crippen molar-refractivity contribution >= 4 is 27.3 Å². The van der Waals surface area contributed by atoms with Gasteiger partial charge in [-0.05, 0) is 36.8 Å². The molecule has 0 aliphatic heterocycles. The Morgan fingerprint density at radius 1 is 1.10 bits per heavy atom. The average Bonchev–Trinajstić information content (AvgIpc) is 2.47. The van der Waals surface area contributed by atoms with Crippen LogP contribution in [0, 0.1) is 0 Å². The lowest BCUT2D eigenvalue weighted by Gasteiger charge is -2.05. The van der Waals surface area contributed by atoms with Gasteiger partial charge in [-0.3, -0.25) is 0 Å². The zero-order valence-electron chi connectivity index (χ0n) is 11.5. The second-order valence-corrected chi connectivity index (χ2v) is 6.66. The summed E-state index contributed by atoms with van der Waals surface area (Å²) in [6.45, 7) is 1.78. The molecule has 2 aromatic carbocycles. The third kappa shape index (κ3) is 4.58. The van der Waals surface area contributed by atoms with Crippen molar-refractivity contribution in [1.29, 1.82) is 0 Å². The Balaban J connectivity index is 2.06. The molecule has 4 nitrogen and oxygen atoms in total. The highest BCUT2D eigenvalue weighted by molar-refractivity contribution is 7.89. The van der Waals surface area contributed by atoms with Crippen LogP contribution in [0.25, 0.3) is 0 Å². The molecule has 0 saturated carbocycles. The van der Waals surface area contributed by atoms with Crippen molar-refractivity contribution in [3.8, 4) is 0 Å². The number of benzene rings is 2. The van der Waals surface area contributed by atoms with E-state index in [9.17, 15) is 8.42 Å². The standard InChI is InChI=1S/C15H15ClN2O2S/c1-12(11-13-5-3-2-4-6-13)17-18-21(19,20)15-9-7-14(16)8-10-15/h2-10,18H,11H2,1H3. The van der Waals surface area contributed by atoms with Crippen LogP contribution < -0.4 is 4.83 Å². The summed E-state index contributed by atoms with van der Waals surface area (Å²) in [4.78, 5) is 2.36. The predicted octanol–water partition coefficient (Wildman–Crippen LogP) is 3.24. The molecule has 0 heterocycles. The molecule has 6 heteroatoms. The van der Waals surface area contributed by atoms with Crippen LogP contribution in [0.3, 0.4) is 0 Å². The van der Waals surface area contributed by atoms with Crippen molar-refractivity contribution in [3.05, 3.63) is 65.2 Å². The molecule has 0 unspecified atom stereocenters. The number of hydrazone groups is 1. The highest BCUT2D eigenvalue weighted by Crippen LogP contribution is 2.13. The van der Waals surface area contributed by atoms with Gasteiger partial charge in [0.1, 0.15) is 0 Å². The number of hydrogen-bond acceptors (Lipinski definition) is 3. The van der Waals surface area contributed by atoms with E-state index in [0.717, 1.165) is 5.56 Å². The molecule has 0 fully saturated rings. The summed E-state index contributed by atoms with van der Waals surface area (Å²) in [6, 6.07) is 15.6. The van der Waals surface area contributed by atoms with Gasteiger partial charge < -0.3 is 0 Å². The first kappa shape index (κ1) is 15.5. The molecule has 21 heavy (non-hydrogen) atoms. The first-order valence-electron chi connectivity index (χ1n) is 6.32. The molecule has 2 rings (SSSR count). The monoisotopic (exact) mass is 322 g/mol. The van der Waals surface area contributed by atoms with Gasteiger partial charge in [-0.25, -0.2) is 4.83 Å². The second-order valence-electron chi connectivity index (χ2n) is 4.56. The second kappa shape index (κ2) is 6.74. The maximum absolute atomic E-state index is 12.0. The summed E-state index contributed by atoms with van der Waals surface area (Å²) >= 11 is 5.74. The van der Waals surface area contributed by atoms with Crippen LogP contribution in [-0.4, -0.2) is 14.1 Å². The van der Waals surface area contributed by atoms with Crippen molar-refractivity contribution in [2.24, 2.45) is 5.10 Å². The highest BCUT2D eigenvalue weighted by Gasteiger charge is 2.12. The van der Waals surface area contributed by atoms with Gasteiger partial charge in [-0.1, -0.05) is 41.9 Å². The summed E-state index contributed by atoms with van der Waals surface area (Å²) in [6.07, 6.45) is 0.587. The number of halogens is 1. The van der Waals surface area contributed by atoms with Crippen LogP contribution in [0.15, 0.2) is 64.6 Å². The van der Waals surface area contributed by atoms with Crippen molar-refractivity contribution in [2.75, 3.05) is 0 Å². The molecule has 0 bridgehead atoms. The first-order chi connectivity index (χ1) is 9.97. The fourth-order valence-corrected chi connectivity index (χ4v) is 2.74. The van der Waals surface area contributed by atoms with Gasteiger partial charge in [0, 0.05) is 17.2 Å². The van der Waals surface area contributed by atoms with Crippen LogP contribution in [0.4, 0.5) is 0 Å². The van der Waals surface area contributed by atoms with E-state index in [1.165, 1.54) is 24.3 Å². The Bertz CT molecular complexity index is 726. The van der Waals surface area contributed by atoms with Crippen molar-refractivity contribution in [1.82, 2.24) is 4.83 Å². The van der Waals surface area contributed by atoms with Gasteiger partial charge in [0.05, 0.1) is 4.90 Å². The SMILES string of the molecule is CC(Cc1ccccc1)=NNS(=O)(=O)c1ccc(Cl)cc1. The smallest absolute Gasteiger partial charge is 0.200 e. The van der Waals surface area contributed by atoms with E-state index in [1.807, 2.05) is 30.3 Å². The van der Waals surface area contributed by atoms with Crippen LogP contribution in [0.5, 0.6) is 0 Å². The van der Waals surface area contributed by atoms with Crippen molar-refractivity contribution in [3.63, 3.8) is 0 Å². The summed E-state index contributed by atoms with van der Waals surface area (Å²) in [7, 11) is -3.66. The van der Waals surface area contributed by atoms with Gasteiger partial charge in [0.25, 0.3) is 10.0 Å². The zero-order valence-corrected chi connectivity index (χ0v) is 13.0. The summed E-state index contributed by atoms with van der Waals surface area (Å²) in [5.41, 5.74) is 1.75. The van der Waals surface area contributed by atoms with E-state index in [1.54, 1.807) is 6.92 Å². The van der Waals surface area contributed by atoms with E-state index in [4.69, 9.17) is 11.6 Å². The number of hydrogen-bond donors (Lipinski definition) is 1. The van der Waals surface area contributed by atoms with Gasteiger partial charge in [0.15, 0.2) is 0 Å². The normalized spacial score (nSPS) is 12.2. The largest absolute Gasteiger partial charge is 0.276 e. The fraction of sp³-hybridized carbons (Fsp3) is 0.133. The molecular weight excluding hydrogens is 308 g/mol. The minimum Gasteiger partial charge on any atom is -0.200 e. The zero-order chi connectivity index (χ0) is 15.3. The number of nitrogens with one attached hydrogen (secondary N) is 1. The molecule has 0 aliphatic carbocycles. The molecule has 0 atom stereocenters. The molecule has 2 aromatic rings. The lowest BCUT2D eigenvalue weighted by Crippen LogP contribution is -2.20. The third-order valence-electron chi connectivity index (χ3n) is 2.78. The van der Waals surface area contributed by atoms with E-state index in [-0.39, 0.29) is 4.90 Å². The highest BCUT2D eigenvalue weighted by atomic mass is 35.5. The van der Waals surface area contributed by atoms with Gasteiger partial charge in [-0.2, -0.15) is 13.5 Å². The molecule has 0 aromatic heterocycles. The summed E-state index contributed by atoms with van der Waals surface area (Å²) in [5, 5.41) is 4.42. The van der Waals surface area contributed by atoms with Crippen molar-refractivity contribution in [2.45, 2.75) is 18.2 Å². The van der Waals surface area contributed by atoms with E-state index < -0.39 is 10.0 Å². The molecule has 1 N–H and O–H groups in total. The molecule has 0 amide bonds. The lowest BCUT2D eigenvalue weighted by atomic mass is 10.1. The van der Waals surface area contributed by atoms with Crippen LogP contribution in [0.1, 0.15) is 12.5 Å². The average molecular weight is 323 g/mol. The Morgan fingerprint density at radius 3 is 2.33 bits per heavy atom. The molecule has 0 spiro atoms.